The van der Waals surface area contributed by atoms with E-state index in [1.807, 2.05) is 0 Å². The molecule has 2 unspecified atom stereocenters. The van der Waals surface area contributed by atoms with E-state index in [0.29, 0.717) is 5.02 Å². The third-order valence-corrected chi connectivity index (χ3v) is 4.08. The van der Waals surface area contributed by atoms with Crippen molar-refractivity contribution < 1.29 is 18.0 Å². The summed E-state index contributed by atoms with van der Waals surface area (Å²) in [7, 11) is 0. The summed E-state index contributed by atoms with van der Waals surface area (Å²) in [6.07, 6.45) is -4.37. The molecule has 116 valence electrons. The maximum atomic E-state index is 13.1. The molecule has 2 N–H and O–H groups in total. The van der Waals surface area contributed by atoms with Crippen LogP contribution in [0.4, 0.5) is 13.2 Å². The Morgan fingerprint density at radius 3 is 2.62 bits per heavy atom. The Bertz CT molecular complexity index is 548. The molecule has 1 aliphatic heterocycles. The first-order valence-corrected chi connectivity index (χ1v) is 6.97. The molecule has 1 aromatic rings. The molecule has 0 spiro atoms. The van der Waals surface area contributed by atoms with Gasteiger partial charge in [-0.05, 0) is 37.5 Å². The summed E-state index contributed by atoms with van der Waals surface area (Å²) in [4.78, 5) is 13.2. The van der Waals surface area contributed by atoms with E-state index in [1.165, 1.54) is 12.1 Å². The average Bonchev–Trinajstić information content (AvgIpc) is 2.39. The van der Waals surface area contributed by atoms with Crippen molar-refractivity contribution in [1.29, 1.82) is 0 Å². The first kappa shape index (κ1) is 16.1. The number of carbonyl (C=O) groups is 1. The SMILES string of the molecule is Cc1ccc(C(=O)N2CC(N)CCC2C(F)(F)F)cc1Cl. The molecule has 0 aliphatic carbocycles. The molecule has 0 saturated carbocycles. The number of piperidine rings is 1. The van der Waals surface area contributed by atoms with Crippen LogP contribution in [0.5, 0.6) is 0 Å². The number of nitrogens with zero attached hydrogens (tertiary/aromatic N) is 1. The second-order valence-corrected chi connectivity index (χ2v) is 5.72. The predicted molar refractivity (Wildman–Crippen MR) is 74.3 cm³/mol. The smallest absolute Gasteiger partial charge is 0.326 e. The lowest BCUT2D eigenvalue weighted by molar-refractivity contribution is -0.184. The van der Waals surface area contributed by atoms with Gasteiger partial charge in [-0.25, -0.2) is 0 Å². The Morgan fingerprint density at radius 1 is 1.38 bits per heavy atom. The molecular formula is C14H16ClF3N2O. The number of hydrogen-bond donors (Lipinski definition) is 1. The van der Waals surface area contributed by atoms with Crippen LogP contribution in [0.2, 0.25) is 5.02 Å². The fourth-order valence-electron chi connectivity index (χ4n) is 2.46. The van der Waals surface area contributed by atoms with Crippen LogP contribution in [0.1, 0.15) is 28.8 Å². The van der Waals surface area contributed by atoms with Crippen molar-refractivity contribution in [3.63, 3.8) is 0 Å². The zero-order valence-electron chi connectivity index (χ0n) is 11.5. The lowest BCUT2D eigenvalue weighted by atomic mass is 9.97. The first-order chi connectivity index (χ1) is 9.70. The van der Waals surface area contributed by atoms with E-state index in [0.717, 1.165) is 10.5 Å². The van der Waals surface area contributed by atoms with E-state index >= 15 is 0 Å². The zero-order chi connectivity index (χ0) is 15.8. The van der Waals surface area contributed by atoms with Crippen LogP contribution in [0.15, 0.2) is 18.2 Å². The summed E-state index contributed by atoms with van der Waals surface area (Å²) < 4.78 is 39.2. The van der Waals surface area contributed by atoms with Crippen molar-refractivity contribution in [3.8, 4) is 0 Å². The fraction of sp³-hybridized carbons (Fsp3) is 0.500. The Morgan fingerprint density at radius 2 is 2.05 bits per heavy atom. The average molecular weight is 321 g/mol. The quantitative estimate of drug-likeness (QED) is 0.864. The fourth-order valence-corrected chi connectivity index (χ4v) is 2.64. The summed E-state index contributed by atoms with van der Waals surface area (Å²) >= 11 is 5.93. The molecule has 1 aliphatic rings. The highest BCUT2D eigenvalue weighted by atomic mass is 35.5. The van der Waals surface area contributed by atoms with E-state index in [2.05, 4.69) is 0 Å². The van der Waals surface area contributed by atoms with Gasteiger partial charge in [0.2, 0.25) is 0 Å². The molecule has 3 nitrogen and oxygen atoms in total. The summed E-state index contributed by atoms with van der Waals surface area (Å²) in [6, 6.07) is 2.27. The highest BCUT2D eigenvalue weighted by Crippen LogP contribution is 2.32. The molecule has 1 heterocycles. The molecule has 2 rings (SSSR count). The third kappa shape index (κ3) is 3.49. The number of benzene rings is 1. The van der Waals surface area contributed by atoms with Crippen molar-refractivity contribution in [2.45, 2.75) is 38.0 Å². The lowest BCUT2D eigenvalue weighted by Gasteiger charge is -2.39. The normalized spacial score (nSPS) is 23.2. The number of likely N-dealkylation sites (tertiary alicyclic amines) is 1. The summed E-state index contributed by atoms with van der Waals surface area (Å²) in [5, 5.41) is 0.353. The minimum atomic E-state index is -4.45. The van der Waals surface area contributed by atoms with Crippen LogP contribution >= 0.6 is 11.6 Å². The Kier molecular flexibility index (Phi) is 4.49. The van der Waals surface area contributed by atoms with Crippen molar-refractivity contribution >= 4 is 17.5 Å². The molecule has 7 heteroatoms. The Labute approximate surface area is 125 Å². The van der Waals surface area contributed by atoms with Gasteiger partial charge in [0.15, 0.2) is 0 Å². The van der Waals surface area contributed by atoms with Gasteiger partial charge in [-0.2, -0.15) is 13.2 Å². The van der Waals surface area contributed by atoms with Gasteiger partial charge in [-0.1, -0.05) is 17.7 Å². The van der Waals surface area contributed by atoms with E-state index in [9.17, 15) is 18.0 Å². The van der Waals surface area contributed by atoms with E-state index in [1.54, 1.807) is 13.0 Å². The lowest BCUT2D eigenvalue weighted by Crippen LogP contribution is -2.56. The van der Waals surface area contributed by atoms with Crippen molar-refractivity contribution in [3.05, 3.63) is 34.3 Å². The van der Waals surface area contributed by atoms with Crippen molar-refractivity contribution in [1.82, 2.24) is 4.90 Å². The number of alkyl halides is 3. The molecule has 2 atom stereocenters. The number of amides is 1. The van der Waals surface area contributed by atoms with Crippen LogP contribution in [0.3, 0.4) is 0 Å². The van der Waals surface area contributed by atoms with Gasteiger partial charge in [0.1, 0.15) is 6.04 Å². The molecular weight excluding hydrogens is 305 g/mol. The van der Waals surface area contributed by atoms with Crippen molar-refractivity contribution in [2.24, 2.45) is 5.73 Å². The molecule has 1 saturated heterocycles. The van der Waals surface area contributed by atoms with Gasteiger partial charge >= 0.3 is 6.18 Å². The van der Waals surface area contributed by atoms with Gasteiger partial charge in [-0.15, -0.1) is 0 Å². The van der Waals surface area contributed by atoms with E-state index in [-0.39, 0.29) is 24.9 Å². The second kappa shape index (κ2) is 5.85. The molecule has 0 radical (unpaired) electrons. The van der Waals surface area contributed by atoms with Crippen LogP contribution < -0.4 is 5.73 Å². The molecule has 0 aromatic heterocycles. The molecule has 1 aromatic carbocycles. The largest absolute Gasteiger partial charge is 0.408 e. The minimum absolute atomic E-state index is 0.103. The van der Waals surface area contributed by atoms with Crippen LogP contribution in [-0.4, -0.2) is 35.6 Å². The summed E-state index contributed by atoms with van der Waals surface area (Å²) in [5.41, 5.74) is 6.62. The minimum Gasteiger partial charge on any atom is -0.326 e. The third-order valence-electron chi connectivity index (χ3n) is 3.68. The number of rotatable bonds is 1. The van der Waals surface area contributed by atoms with Crippen LogP contribution in [0, 0.1) is 6.92 Å². The van der Waals surface area contributed by atoms with Gasteiger partial charge < -0.3 is 10.6 Å². The topological polar surface area (TPSA) is 46.3 Å². The number of nitrogens with two attached hydrogens (primary N) is 1. The van der Waals surface area contributed by atoms with E-state index < -0.39 is 24.2 Å². The maximum absolute atomic E-state index is 13.1. The van der Waals surface area contributed by atoms with Crippen LogP contribution in [0.25, 0.3) is 0 Å². The standard InChI is InChI=1S/C14H16ClF3N2O/c1-8-2-3-9(6-11(8)15)13(21)20-7-10(19)4-5-12(20)14(16,17)18/h2-3,6,10,12H,4-5,7,19H2,1H3. The number of hydrogen-bond acceptors (Lipinski definition) is 2. The zero-order valence-corrected chi connectivity index (χ0v) is 12.2. The first-order valence-electron chi connectivity index (χ1n) is 6.59. The highest BCUT2D eigenvalue weighted by molar-refractivity contribution is 6.31. The molecule has 1 amide bonds. The Hall–Kier alpha value is -1.27. The number of carbonyl (C=O) groups excluding carboxylic acids is 1. The Balaban J connectivity index is 2.31. The van der Waals surface area contributed by atoms with Gasteiger partial charge in [0, 0.05) is 23.2 Å². The maximum Gasteiger partial charge on any atom is 0.408 e. The van der Waals surface area contributed by atoms with Gasteiger partial charge in [0.05, 0.1) is 0 Å². The number of halogens is 4. The highest BCUT2D eigenvalue weighted by Gasteiger charge is 2.47. The summed E-state index contributed by atoms with van der Waals surface area (Å²) in [6.45, 7) is 1.65. The molecule has 21 heavy (non-hydrogen) atoms. The van der Waals surface area contributed by atoms with Gasteiger partial charge in [-0.3, -0.25) is 4.79 Å². The summed E-state index contributed by atoms with van der Waals surface area (Å²) in [5.74, 6) is -0.686. The predicted octanol–water partition coefficient (Wildman–Crippen LogP) is 3.14. The molecule has 0 bridgehead atoms. The van der Waals surface area contributed by atoms with Gasteiger partial charge in [0.25, 0.3) is 5.91 Å². The van der Waals surface area contributed by atoms with Crippen molar-refractivity contribution in [2.75, 3.05) is 6.54 Å². The molecule has 1 fully saturated rings. The van der Waals surface area contributed by atoms with Crippen LogP contribution in [-0.2, 0) is 0 Å². The van der Waals surface area contributed by atoms with E-state index in [4.69, 9.17) is 17.3 Å². The monoisotopic (exact) mass is 320 g/mol. The number of aryl methyl sites for hydroxylation is 1. The second-order valence-electron chi connectivity index (χ2n) is 5.32.